The zero-order valence-electron chi connectivity index (χ0n) is 11.4. The molecule has 2 nitrogen and oxygen atoms in total. The molecule has 96 valence electrons. The van der Waals surface area contributed by atoms with Gasteiger partial charge in [-0.05, 0) is 41.9 Å². The minimum absolute atomic E-state index is 0.176. The summed E-state index contributed by atoms with van der Waals surface area (Å²) in [5.74, 6) is 1.67. The monoisotopic (exact) mass is 243 g/mol. The lowest BCUT2D eigenvalue weighted by molar-refractivity contribution is 0.545. The van der Waals surface area contributed by atoms with Crippen LogP contribution in [0.2, 0.25) is 0 Å². The summed E-state index contributed by atoms with van der Waals surface area (Å²) < 4.78 is 5.89. The van der Waals surface area contributed by atoms with Crippen molar-refractivity contribution in [3.63, 3.8) is 0 Å². The van der Waals surface area contributed by atoms with Crippen LogP contribution in [0.3, 0.4) is 0 Å². The Kier molecular flexibility index (Phi) is 2.53. The molecule has 0 aliphatic heterocycles. The van der Waals surface area contributed by atoms with Crippen LogP contribution in [-0.2, 0) is 12.0 Å². The van der Waals surface area contributed by atoms with Gasteiger partial charge in [0, 0.05) is 10.9 Å². The third kappa shape index (κ3) is 1.85. The Morgan fingerprint density at radius 3 is 2.56 bits per heavy atom. The van der Waals surface area contributed by atoms with Crippen molar-refractivity contribution in [1.82, 2.24) is 0 Å². The van der Waals surface area contributed by atoms with Crippen LogP contribution in [0.25, 0.3) is 11.0 Å². The van der Waals surface area contributed by atoms with E-state index in [-0.39, 0.29) is 5.41 Å². The average molecular weight is 243 g/mol. The van der Waals surface area contributed by atoms with Gasteiger partial charge in [0.1, 0.15) is 11.3 Å². The highest BCUT2D eigenvalue weighted by atomic mass is 16.3. The van der Waals surface area contributed by atoms with Crippen molar-refractivity contribution in [2.24, 2.45) is 5.73 Å². The van der Waals surface area contributed by atoms with Gasteiger partial charge in [-0.25, -0.2) is 0 Å². The molecule has 18 heavy (non-hydrogen) atoms. The highest BCUT2D eigenvalue weighted by Crippen LogP contribution is 2.46. The number of hydrogen-bond donors (Lipinski definition) is 1. The minimum atomic E-state index is 0.176. The fourth-order valence-corrected chi connectivity index (χ4v) is 2.61. The van der Waals surface area contributed by atoms with Crippen molar-refractivity contribution in [2.75, 3.05) is 0 Å². The van der Waals surface area contributed by atoms with Crippen LogP contribution < -0.4 is 5.73 Å². The molecule has 2 heteroatoms. The Morgan fingerprint density at radius 1 is 1.28 bits per heavy atom. The number of fused-ring (bicyclic) bond motifs is 1. The van der Waals surface area contributed by atoms with E-state index in [0.29, 0.717) is 12.5 Å². The van der Waals surface area contributed by atoms with Crippen molar-refractivity contribution in [3.8, 4) is 0 Å². The molecule has 0 bridgehead atoms. The minimum Gasteiger partial charge on any atom is -0.459 e. The van der Waals surface area contributed by atoms with E-state index in [1.165, 1.54) is 29.4 Å². The molecule has 3 rings (SSSR count). The van der Waals surface area contributed by atoms with E-state index in [9.17, 15) is 0 Å². The molecule has 2 aromatic rings. The summed E-state index contributed by atoms with van der Waals surface area (Å²) >= 11 is 0. The first kappa shape index (κ1) is 11.8. The average Bonchev–Trinajstić information content (AvgIpc) is 3.07. The maximum atomic E-state index is 5.89. The van der Waals surface area contributed by atoms with Crippen molar-refractivity contribution in [3.05, 3.63) is 35.1 Å². The Hall–Kier alpha value is -1.28. The van der Waals surface area contributed by atoms with Gasteiger partial charge in [-0.1, -0.05) is 26.8 Å². The molecule has 0 radical (unpaired) electrons. The van der Waals surface area contributed by atoms with Gasteiger partial charge in [0.05, 0.1) is 6.54 Å². The molecule has 1 aromatic heterocycles. The molecular weight excluding hydrogens is 222 g/mol. The van der Waals surface area contributed by atoms with E-state index in [4.69, 9.17) is 10.2 Å². The SMILES string of the molecule is CC(C)(C)c1ccc2oc(CN)c(C3CC3)c2c1. The quantitative estimate of drug-likeness (QED) is 0.863. The van der Waals surface area contributed by atoms with Crippen molar-refractivity contribution >= 4 is 11.0 Å². The van der Waals surface area contributed by atoms with E-state index in [1.54, 1.807) is 0 Å². The molecule has 0 spiro atoms. The van der Waals surface area contributed by atoms with Gasteiger partial charge >= 0.3 is 0 Å². The van der Waals surface area contributed by atoms with Gasteiger partial charge in [-0.2, -0.15) is 0 Å². The first-order chi connectivity index (χ1) is 8.50. The van der Waals surface area contributed by atoms with Gasteiger partial charge in [-0.15, -0.1) is 0 Å². The Bertz CT molecular complexity index is 585. The molecule has 1 heterocycles. The molecule has 1 fully saturated rings. The molecule has 0 amide bonds. The summed E-state index contributed by atoms with van der Waals surface area (Å²) in [5, 5.41) is 1.28. The van der Waals surface area contributed by atoms with Gasteiger partial charge in [0.25, 0.3) is 0 Å². The molecule has 1 saturated carbocycles. The first-order valence-electron chi connectivity index (χ1n) is 6.76. The maximum absolute atomic E-state index is 5.89. The predicted molar refractivity (Wildman–Crippen MR) is 74.8 cm³/mol. The van der Waals surface area contributed by atoms with Crippen LogP contribution in [0, 0.1) is 0 Å². The summed E-state index contributed by atoms with van der Waals surface area (Å²) in [6, 6.07) is 6.56. The molecular formula is C16H21NO. The highest BCUT2D eigenvalue weighted by Gasteiger charge is 2.30. The van der Waals surface area contributed by atoms with Gasteiger partial charge < -0.3 is 10.2 Å². The smallest absolute Gasteiger partial charge is 0.134 e. The number of rotatable bonds is 2. The first-order valence-corrected chi connectivity index (χ1v) is 6.76. The second-order valence-electron chi connectivity index (χ2n) is 6.38. The summed E-state index contributed by atoms with van der Waals surface area (Å²) in [7, 11) is 0. The lowest BCUT2D eigenvalue weighted by atomic mass is 9.86. The van der Waals surface area contributed by atoms with Crippen LogP contribution in [0.15, 0.2) is 22.6 Å². The molecule has 1 aromatic carbocycles. The van der Waals surface area contributed by atoms with Gasteiger partial charge in [-0.3, -0.25) is 0 Å². The second-order valence-corrected chi connectivity index (χ2v) is 6.38. The number of benzene rings is 1. The normalized spacial score (nSPS) is 16.4. The van der Waals surface area contributed by atoms with Crippen LogP contribution >= 0.6 is 0 Å². The van der Waals surface area contributed by atoms with Crippen molar-refractivity contribution < 1.29 is 4.42 Å². The third-order valence-electron chi connectivity index (χ3n) is 3.84. The lowest BCUT2D eigenvalue weighted by Gasteiger charge is -2.18. The summed E-state index contributed by atoms with van der Waals surface area (Å²) in [6.07, 6.45) is 2.56. The molecule has 2 N–H and O–H groups in total. The predicted octanol–water partition coefficient (Wildman–Crippen LogP) is 4.07. The Labute approximate surface area is 108 Å². The standard InChI is InChI=1S/C16H21NO/c1-16(2,3)11-6-7-13-12(8-11)15(10-4-5-10)14(9-17)18-13/h6-8,10H,4-5,9,17H2,1-3H3. The van der Waals surface area contributed by atoms with Crippen LogP contribution in [-0.4, -0.2) is 0 Å². The fourth-order valence-electron chi connectivity index (χ4n) is 2.61. The zero-order chi connectivity index (χ0) is 12.9. The van der Waals surface area contributed by atoms with E-state index >= 15 is 0 Å². The largest absolute Gasteiger partial charge is 0.459 e. The van der Waals surface area contributed by atoms with Crippen LogP contribution in [0.1, 0.15) is 56.4 Å². The fraction of sp³-hybridized carbons (Fsp3) is 0.500. The topological polar surface area (TPSA) is 39.2 Å². The Balaban J connectivity index is 2.22. The molecule has 1 aliphatic rings. The third-order valence-corrected chi connectivity index (χ3v) is 3.84. The summed E-state index contributed by atoms with van der Waals surface area (Å²) in [6.45, 7) is 7.24. The highest BCUT2D eigenvalue weighted by molar-refractivity contribution is 5.84. The number of nitrogens with two attached hydrogens (primary N) is 1. The van der Waals surface area contributed by atoms with E-state index in [2.05, 4.69) is 39.0 Å². The number of furan rings is 1. The second kappa shape index (κ2) is 3.86. The molecule has 0 saturated heterocycles. The van der Waals surface area contributed by atoms with Gasteiger partial charge in [0.15, 0.2) is 0 Å². The van der Waals surface area contributed by atoms with E-state index in [1.807, 2.05) is 0 Å². The molecule has 0 atom stereocenters. The van der Waals surface area contributed by atoms with Crippen LogP contribution in [0.4, 0.5) is 0 Å². The summed E-state index contributed by atoms with van der Waals surface area (Å²) in [5.41, 5.74) is 9.71. The molecule has 1 aliphatic carbocycles. The van der Waals surface area contributed by atoms with Crippen LogP contribution in [0.5, 0.6) is 0 Å². The molecule has 0 unspecified atom stereocenters. The zero-order valence-corrected chi connectivity index (χ0v) is 11.4. The van der Waals surface area contributed by atoms with Crippen molar-refractivity contribution in [1.29, 1.82) is 0 Å². The van der Waals surface area contributed by atoms with E-state index < -0.39 is 0 Å². The maximum Gasteiger partial charge on any atom is 0.134 e. The Morgan fingerprint density at radius 2 is 2.00 bits per heavy atom. The summed E-state index contributed by atoms with van der Waals surface area (Å²) in [4.78, 5) is 0. The van der Waals surface area contributed by atoms with E-state index in [0.717, 1.165) is 11.3 Å². The van der Waals surface area contributed by atoms with Crippen molar-refractivity contribution in [2.45, 2.75) is 51.5 Å². The lowest BCUT2D eigenvalue weighted by Crippen LogP contribution is -2.10. The number of hydrogen-bond acceptors (Lipinski definition) is 2. The van der Waals surface area contributed by atoms with Gasteiger partial charge in [0.2, 0.25) is 0 Å².